The summed E-state index contributed by atoms with van der Waals surface area (Å²) in [4.78, 5) is 16.7. The smallest absolute Gasteiger partial charge is 0.273 e. The molecule has 9 nitrogen and oxygen atoms in total. The number of carbonyl (C=O) groups is 1. The van der Waals surface area contributed by atoms with E-state index >= 15 is 0 Å². The summed E-state index contributed by atoms with van der Waals surface area (Å²) in [6, 6.07) is 5.93. The van der Waals surface area contributed by atoms with Crippen LogP contribution < -0.4 is 11.1 Å². The van der Waals surface area contributed by atoms with Gasteiger partial charge in [-0.1, -0.05) is 17.6 Å². The van der Waals surface area contributed by atoms with Crippen molar-refractivity contribution in [2.24, 2.45) is 0 Å². The van der Waals surface area contributed by atoms with Gasteiger partial charge in [0.15, 0.2) is 10.7 Å². The molecule has 2 saturated heterocycles. The van der Waals surface area contributed by atoms with Crippen molar-refractivity contribution < 1.29 is 17.7 Å². The number of rotatable bonds is 5. The molecule has 3 aliphatic rings. The Morgan fingerprint density at radius 2 is 1.90 bits per heavy atom. The summed E-state index contributed by atoms with van der Waals surface area (Å²) >= 11 is 0. The van der Waals surface area contributed by atoms with Crippen LogP contribution in [0.1, 0.15) is 67.1 Å². The Kier molecular flexibility index (Phi) is 4.78. The highest BCUT2D eigenvalue weighted by molar-refractivity contribution is 7.89. The molecule has 10 heteroatoms. The van der Waals surface area contributed by atoms with E-state index in [1.54, 1.807) is 22.5 Å². The molecule has 1 saturated carbocycles. The van der Waals surface area contributed by atoms with Crippen LogP contribution in [0.15, 0.2) is 33.8 Å². The highest BCUT2D eigenvalue weighted by atomic mass is 32.2. The Morgan fingerprint density at radius 1 is 1.17 bits per heavy atom. The van der Waals surface area contributed by atoms with Crippen molar-refractivity contribution in [1.29, 1.82) is 0 Å². The maximum absolute atomic E-state index is 13.3. The van der Waals surface area contributed by atoms with Crippen molar-refractivity contribution in [3.63, 3.8) is 0 Å². The first kappa shape index (κ1) is 19.5. The molecule has 0 aromatic carbocycles. The third kappa shape index (κ3) is 3.58. The number of sulfonamides is 1. The lowest BCUT2D eigenvalue weighted by atomic mass is 9.84. The maximum atomic E-state index is 13.3. The first-order chi connectivity index (χ1) is 14.4. The Labute approximate surface area is 175 Å². The minimum Gasteiger partial charge on any atom is -0.384 e. The predicted octanol–water partition coefficient (Wildman–Crippen LogP) is 2.03. The van der Waals surface area contributed by atoms with Crippen molar-refractivity contribution >= 4 is 21.7 Å². The fourth-order valence-electron chi connectivity index (χ4n) is 4.75. The molecule has 2 aromatic rings. The molecule has 160 valence electrons. The summed E-state index contributed by atoms with van der Waals surface area (Å²) in [5, 5.41) is 6.93. The van der Waals surface area contributed by atoms with Gasteiger partial charge in [0.2, 0.25) is 0 Å². The van der Waals surface area contributed by atoms with Gasteiger partial charge in [-0.15, -0.1) is 0 Å². The molecular weight excluding hydrogens is 406 g/mol. The number of hydrogen-bond donors (Lipinski definition) is 2. The van der Waals surface area contributed by atoms with Gasteiger partial charge in [0.05, 0.1) is 0 Å². The van der Waals surface area contributed by atoms with Crippen molar-refractivity contribution in [1.82, 2.24) is 19.8 Å². The van der Waals surface area contributed by atoms with Crippen LogP contribution in [0.3, 0.4) is 0 Å². The predicted molar refractivity (Wildman–Crippen MR) is 108 cm³/mol. The second kappa shape index (κ2) is 7.35. The number of aromatic nitrogens is 2. The molecule has 3 atom stereocenters. The summed E-state index contributed by atoms with van der Waals surface area (Å²) in [7, 11) is -3.74. The number of pyridine rings is 1. The number of nitrogens with one attached hydrogen (secondary N) is 1. The Bertz CT molecular complexity index is 1050. The number of nitrogens with two attached hydrogens (primary N) is 1. The van der Waals surface area contributed by atoms with Gasteiger partial charge in [0.1, 0.15) is 11.6 Å². The number of nitrogens with zero attached hydrogens (tertiary/aromatic N) is 3. The lowest BCUT2D eigenvalue weighted by molar-refractivity contribution is 0.0789. The number of anilines is 1. The lowest BCUT2D eigenvalue weighted by Gasteiger charge is -2.47. The quantitative estimate of drug-likeness (QED) is 0.740. The largest absolute Gasteiger partial charge is 0.384 e. The maximum Gasteiger partial charge on any atom is 0.273 e. The molecule has 0 spiro atoms. The molecule has 1 aliphatic carbocycles. The lowest BCUT2D eigenvalue weighted by Crippen LogP contribution is -2.58. The van der Waals surface area contributed by atoms with Gasteiger partial charge in [-0.05, 0) is 50.7 Å². The minimum absolute atomic E-state index is 0.0166. The molecule has 3 N–H and O–H groups in total. The molecule has 4 heterocycles. The van der Waals surface area contributed by atoms with E-state index in [0.29, 0.717) is 24.5 Å². The molecule has 30 heavy (non-hydrogen) atoms. The molecular formula is C20H25N5O4S. The van der Waals surface area contributed by atoms with Gasteiger partial charge >= 0.3 is 0 Å². The highest BCUT2D eigenvalue weighted by Gasteiger charge is 2.46. The van der Waals surface area contributed by atoms with Crippen LogP contribution in [0.25, 0.3) is 0 Å². The summed E-state index contributed by atoms with van der Waals surface area (Å²) in [5.74, 6) is 1.09. The molecule has 1 amide bonds. The van der Waals surface area contributed by atoms with E-state index in [0.717, 1.165) is 37.9 Å². The summed E-state index contributed by atoms with van der Waals surface area (Å²) in [6.45, 7) is 0. The van der Waals surface area contributed by atoms with Crippen LogP contribution in [-0.2, 0) is 10.0 Å². The zero-order valence-electron chi connectivity index (χ0n) is 16.5. The number of hydrogen-bond acceptors (Lipinski definition) is 7. The fraction of sp³-hybridized carbons (Fsp3) is 0.550. The molecule has 0 radical (unpaired) electrons. The van der Waals surface area contributed by atoms with Gasteiger partial charge in [0, 0.05) is 30.1 Å². The first-order valence-electron chi connectivity index (χ1n) is 10.5. The summed E-state index contributed by atoms with van der Waals surface area (Å²) in [5.41, 5.74) is 5.99. The molecule has 2 aliphatic heterocycles. The van der Waals surface area contributed by atoms with Gasteiger partial charge < -0.3 is 15.6 Å². The molecule has 5 rings (SSSR count). The fourth-order valence-corrected chi connectivity index (χ4v) is 6.60. The monoisotopic (exact) mass is 431 g/mol. The number of amides is 1. The third-order valence-corrected chi connectivity index (χ3v) is 8.18. The number of fused-ring (bicyclic) bond motifs is 2. The van der Waals surface area contributed by atoms with Crippen molar-refractivity contribution in [3.8, 4) is 0 Å². The van der Waals surface area contributed by atoms with Crippen molar-refractivity contribution in [2.75, 3.05) is 5.73 Å². The minimum atomic E-state index is -3.74. The Morgan fingerprint density at radius 3 is 2.57 bits per heavy atom. The van der Waals surface area contributed by atoms with Gasteiger partial charge in [-0.3, -0.25) is 4.79 Å². The van der Waals surface area contributed by atoms with E-state index < -0.39 is 10.0 Å². The SMILES string of the molecule is Nc1cccc(S(=O)(=O)N2[C@@H]3CCC[C@H]2CC(NC(=O)c2cc(C4CC4)on2)C3)n1. The molecule has 3 fully saturated rings. The molecule has 2 bridgehead atoms. The van der Waals surface area contributed by atoms with E-state index in [-0.39, 0.29) is 34.9 Å². The highest BCUT2D eigenvalue weighted by Crippen LogP contribution is 2.40. The van der Waals surface area contributed by atoms with Crippen LogP contribution in [0.4, 0.5) is 5.82 Å². The number of carbonyl (C=O) groups excluding carboxylic acids is 1. The Hall–Kier alpha value is -2.46. The van der Waals surface area contributed by atoms with E-state index in [2.05, 4.69) is 15.5 Å². The van der Waals surface area contributed by atoms with Crippen molar-refractivity contribution in [3.05, 3.63) is 35.7 Å². The van der Waals surface area contributed by atoms with Crippen LogP contribution >= 0.6 is 0 Å². The normalized spacial score (nSPS) is 27.0. The standard InChI is InChI=1S/C20H25N5O4S/c21-18-5-2-6-19(23-18)30(27,28)25-14-3-1-4-15(25)10-13(9-14)22-20(26)16-11-17(29-24-16)12-7-8-12/h2,5-6,11-15H,1,3-4,7-10H2,(H2,21,23)(H,22,26)/t13?,14-,15+. The topological polar surface area (TPSA) is 131 Å². The zero-order valence-corrected chi connectivity index (χ0v) is 17.3. The Balaban J connectivity index is 1.31. The average molecular weight is 432 g/mol. The summed E-state index contributed by atoms with van der Waals surface area (Å²) < 4.78 is 33.4. The van der Waals surface area contributed by atoms with Crippen LogP contribution in [0.2, 0.25) is 0 Å². The first-order valence-corrected chi connectivity index (χ1v) is 11.9. The zero-order chi connectivity index (χ0) is 20.9. The van der Waals surface area contributed by atoms with E-state index in [4.69, 9.17) is 10.3 Å². The van der Waals surface area contributed by atoms with E-state index in [1.165, 1.54) is 6.07 Å². The average Bonchev–Trinajstić information content (AvgIpc) is 3.43. The number of nitrogen functional groups attached to an aromatic ring is 1. The third-order valence-electron chi connectivity index (χ3n) is 6.27. The summed E-state index contributed by atoms with van der Waals surface area (Å²) in [6.07, 6.45) is 5.79. The molecule has 2 aromatic heterocycles. The van der Waals surface area contributed by atoms with Gasteiger partial charge in [-0.25, -0.2) is 13.4 Å². The van der Waals surface area contributed by atoms with Gasteiger partial charge in [-0.2, -0.15) is 4.31 Å². The van der Waals surface area contributed by atoms with Crippen LogP contribution in [-0.4, -0.2) is 46.9 Å². The van der Waals surface area contributed by atoms with E-state index in [9.17, 15) is 13.2 Å². The van der Waals surface area contributed by atoms with Crippen LogP contribution in [0, 0.1) is 0 Å². The second-order valence-corrected chi connectivity index (χ2v) is 10.3. The van der Waals surface area contributed by atoms with Crippen molar-refractivity contribution in [2.45, 2.75) is 74.0 Å². The van der Waals surface area contributed by atoms with Gasteiger partial charge in [0.25, 0.3) is 15.9 Å². The van der Waals surface area contributed by atoms with Crippen LogP contribution in [0.5, 0.6) is 0 Å². The van der Waals surface area contributed by atoms with E-state index in [1.807, 2.05) is 0 Å². The second-order valence-electron chi connectivity index (χ2n) is 8.50. The number of piperidine rings is 2. The molecule has 1 unspecified atom stereocenters.